The molecule has 0 bridgehead atoms. The van der Waals surface area contributed by atoms with Crippen molar-refractivity contribution in [3.8, 4) is 0 Å². The van der Waals surface area contributed by atoms with Crippen molar-refractivity contribution >= 4 is 0 Å². The molecular weight excluding hydrogens is 208 g/mol. The number of hydrogen-bond acceptors (Lipinski definition) is 7. The average Bonchev–Trinajstić information content (AvgIpc) is 2.21. The van der Waals surface area contributed by atoms with E-state index in [4.69, 9.17) is 14.9 Å². The fourth-order valence-corrected chi connectivity index (χ4v) is 1.59. The Balaban J connectivity index is 2.82. The van der Waals surface area contributed by atoms with E-state index in [2.05, 4.69) is 0 Å². The van der Waals surface area contributed by atoms with Gasteiger partial charge in [-0.1, -0.05) is 0 Å². The van der Waals surface area contributed by atoms with Crippen molar-refractivity contribution < 1.29 is 35.4 Å². The van der Waals surface area contributed by atoms with Gasteiger partial charge in [0.15, 0.2) is 5.79 Å². The standard InChI is InChI=1S/C8H16O7/c9-2-1-8(14)7(13)6(12)5(11)4(3-10)15-8/h4-7,9-14H,1-3H2/t4-,5-,6+,7+,8?/m1/s1. The first-order valence-electron chi connectivity index (χ1n) is 4.62. The van der Waals surface area contributed by atoms with Crippen LogP contribution in [0.1, 0.15) is 6.42 Å². The second-order valence-corrected chi connectivity index (χ2v) is 3.58. The van der Waals surface area contributed by atoms with Gasteiger partial charge in [-0.3, -0.25) is 0 Å². The van der Waals surface area contributed by atoms with Gasteiger partial charge in [-0.2, -0.15) is 0 Å². The maximum atomic E-state index is 9.72. The Kier molecular flexibility index (Phi) is 4.01. The van der Waals surface area contributed by atoms with Crippen LogP contribution in [0.4, 0.5) is 0 Å². The molecule has 1 heterocycles. The van der Waals surface area contributed by atoms with Gasteiger partial charge in [-0.05, 0) is 0 Å². The van der Waals surface area contributed by atoms with Gasteiger partial charge >= 0.3 is 0 Å². The molecule has 0 amide bonds. The van der Waals surface area contributed by atoms with Gasteiger partial charge in [0.1, 0.15) is 24.4 Å². The lowest BCUT2D eigenvalue weighted by Gasteiger charge is -2.45. The number of ether oxygens (including phenoxy) is 1. The lowest BCUT2D eigenvalue weighted by Crippen LogP contribution is -2.65. The van der Waals surface area contributed by atoms with E-state index in [1.165, 1.54) is 0 Å². The zero-order chi connectivity index (χ0) is 11.6. The quantitative estimate of drug-likeness (QED) is 0.293. The van der Waals surface area contributed by atoms with Crippen LogP contribution in [-0.2, 0) is 4.74 Å². The van der Waals surface area contributed by atoms with E-state index in [1.54, 1.807) is 0 Å². The maximum absolute atomic E-state index is 9.72. The highest BCUT2D eigenvalue weighted by Gasteiger charge is 2.51. The topological polar surface area (TPSA) is 131 Å². The van der Waals surface area contributed by atoms with E-state index >= 15 is 0 Å². The fourth-order valence-electron chi connectivity index (χ4n) is 1.59. The molecule has 1 saturated heterocycles. The summed E-state index contributed by atoms with van der Waals surface area (Å²) in [7, 11) is 0. The van der Waals surface area contributed by atoms with E-state index in [0.29, 0.717) is 0 Å². The summed E-state index contributed by atoms with van der Waals surface area (Å²) in [5.41, 5.74) is 0. The highest BCUT2D eigenvalue weighted by molar-refractivity contribution is 4.95. The van der Waals surface area contributed by atoms with E-state index in [-0.39, 0.29) is 6.42 Å². The molecule has 1 fully saturated rings. The molecule has 0 aromatic carbocycles. The van der Waals surface area contributed by atoms with Crippen molar-refractivity contribution in [2.45, 2.75) is 36.6 Å². The third-order valence-corrected chi connectivity index (χ3v) is 2.52. The van der Waals surface area contributed by atoms with Gasteiger partial charge in [0.2, 0.25) is 0 Å². The molecule has 1 aliphatic heterocycles. The van der Waals surface area contributed by atoms with E-state index in [0.717, 1.165) is 0 Å². The highest BCUT2D eigenvalue weighted by Crippen LogP contribution is 2.30. The molecule has 0 saturated carbocycles. The van der Waals surface area contributed by atoms with Gasteiger partial charge in [0, 0.05) is 13.0 Å². The largest absolute Gasteiger partial charge is 0.396 e. The van der Waals surface area contributed by atoms with Gasteiger partial charge in [-0.25, -0.2) is 0 Å². The first-order chi connectivity index (χ1) is 6.96. The van der Waals surface area contributed by atoms with Crippen molar-refractivity contribution in [1.29, 1.82) is 0 Å². The van der Waals surface area contributed by atoms with E-state index < -0.39 is 43.4 Å². The van der Waals surface area contributed by atoms with Crippen molar-refractivity contribution in [2.24, 2.45) is 0 Å². The van der Waals surface area contributed by atoms with Crippen molar-refractivity contribution in [1.82, 2.24) is 0 Å². The van der Waals surface area contributed by atoms with Crippen LogP contribution >= 0.6 is 0 Å². The number of rotatable bonds is 3. The molecule has 15 heavy (non-hydrogen) atoms. The van der Waals surface area contributed by atoms with Gasteiger partial charge < -0.3 is 35.4 Å². The molecule has 0 spiro atoms. The molecule has 90 valence electrons. The third-order valence-electron chi connectivity index (χ3n) is 2.52. The molecule has 6 N–H and O–H groups in total. The monoisotopic (exact) mass is 224 g/mol. The summed E-state index contributed by atoms with van der Waals surface area (Å²) in [5, 5.41) is 55.3. The minimum absolute atomic E-state index is 0.325. The van der Waals surface area contributed by atoms with Crippen LogP contribution in [0.2, 0.25) is 0 Å². The molecule has 1 unspecified atom stereocenters. The van der Waals surface area contributed by atoms with Crippen molar-refractivity contribution in [3.63, 3.8) is 0 Å². The number of aliphatic hydroxyl groups is 6. The number of aliphatic hydroxyl groups excluding tert-OH is 5. The zero-order valence-electron chi connectivity index (χ0n) is 8.02. The normalized spacial score (nSPS) is 46.8. The van der Waals surface area contributed by atoms with E-state index in [1.807, 2.05) is 0 Å². The smallest absolute Gasteiger partial charge is 0.197 e. The van der Waals surface area contributed by atoms with Gasteiger partial charge in [0.25, 0.3) is 0 Å². The van der Waals surface area contributed by atoms with Crippen LogP contribution in [0.25, 0.3) is 0 Å². The predicted octanol–water partition coefficient (Wildman–Crippen LogP) is -3.47. The van der Waals surface area contributed by atoms with Crippen molar-refractivity contribution in [2.75, 3.05) is 13.2 Å². The Morgan fingerprint density at radius 2 is 1.67 bits per heavy atom. The molecule has 1 rings (SSSR count). The molecule has 7 nitrogen and oxygen atoms in total. The zero-order valence-corrected chi connectivity index (χ0v) is 8.02. The Morgan fingerprint density at radius 1 is 1.07 bits per heavy atom. The molecule has 5 atom stereocenters. The molecular formula is C8H16O7. The minimum Gasteiger partial charge on any atom is -0.396 e. The molecule has 0 radical (unpaired) electrons. The summed E-state index contributed by atoms with van der Waals surface area (Å²) in [4.78, 5) is 0. The Labute approximate surface area is 86.2 Å². The summed E-state index contributed by atoms with van der Waals surface area (Å²) in [5.74, 6) is -2.15. The van der Waals surface area contributed by atoms with Crippen LogP contribution in [0.15, 0.2) is 0 Å². The molecule has 1 aliphatic rings. The van der Waals surface area contributed by atoms with Crippen molar-refractivity contribution in [3.05, 3.63) is 0 Å². The molecule has 0 aromatic heterocycles. The number of hydrogen-bond donors (Lipinski definition) is 6. The second kappa shape index (κ2) is 4.71. The third kappa shape index (κ3) is 2.28. The first-order valence-corrected chi connectivity index (χ1v) is 4.62. The van der Waals surface area contributed by atoms with Gasteiger partial charge in [-0.15, -0.1) is 0 Å². The molecule has 0 aromatic rings. The lowest BCUT2D eigenvalue weighted by molar-refractivity contribution is -0.352. The predicted molar refractivity (Wildman–Crippen MR) is 46.6 cm³/mol. The summed E-state index contributed by atoms with van der Waals surface area (Å²) in [6.45, 7) is -1.08. The Hall–Kier alpha value is -0.280. The SMILES string of the molecule is OCCC1(O)O[C@H](CO)[C@@H](O)[C@H](O)[C@@H]1O. The minimum atomic E-state index is -2.15. The Morgan fingerprint density at radius 3 is 2.13 bits per heavy atom. The molecule has 0 aliphatic carbocycles. The lowest BCUT2D eigenvalue weighted by atomic mass is 9.91. The maximum Gasteiger partial charge on any atom is 0.197 e. The summed E-state index contributed by atoms with van der Waals surface area (Å²) in [6, 6.07) is 0. The summed E-state index contributed by atoms with van der Waals surface area (Å²) in [6.07, 6.45) is -6.37. The highest BCUT2D eigenvalue weighted by atomic mass is 16.7. The van der Waals surface area contributed by atoms with Crippen LogP contribution in [-0.4, -0.2) is 74.1 Å². The second-order valence-electron chi connectivity index (χ2n) is 3.58. The van der Waals surface area contributed by atoms with Crippen LogP contribution in [0.3, 0.4) is 0 Å². The molecule has 7 heteroatoms. The van der Waals surface area contributed by atoms with Crippen LogP contribution < -0.4 is 0 Å². The Bertz CT molecular complexity index is 209. The first kappa shape index (κ1) is 12.8. The van der Waals surface area contributed by atoms with E-state index in [9.17, 15) is 20.4 Å². The summed E-state index contributed by atoms with van der Waals surface area (Å²) < 4.78 is 4.84. The fraction of sp³-hybridized carbons (Fsp3) is 1.00. The summed E-state index contributed by atoms with van der Waals surface area (Å²) >= 11 is 0. The van der Waals surface area contributed by atoms with Gasteiger partial charge in [0.05, 0.1) is 6.61 Å². The van der Waals surface area contributed by atoms with Crippen LogP contribution in [0, 0.1) is 0 Å². The average molecular weight is 224 g/mol. The van der Waals surface area contributed by atoms with Crippen LogP contribution in [0.5, 0.6) is 0 Å².